The Bertz CT molecular complexity index is 470. The maximum absolute atomic E-state index is 11.9. The molecule has 4 nitrogen and oxygen atoms in total. The zero-order chi connectivity index (χ0) is 13.7. The number of hydrogen-bond donors (Lipinski definition) is 2. The van der Waals surface area contributed by atoms with Crippen LogP contribution in [-0.4, -0.2) is 38.6 Å². The highest BCUT2D eigenvalue weighted by Gasteiger charge is 2.15. The summed E-state index contributed by atoms with van der Waals surface area (Å²) < 4.78 is 0. The molecular formula is C14H18ClN3O. The fraction of sp³-hybridized carbons (Fsp3) is 0.357. The smallest absolute Gasteiger partial charge is 0.251 e. The van der Waals surface area contributed by atoms with E-state index < -0.39 is 0 Å². The van der Waals surface area contributed by atoms with Crippen LogP contribution in [-0.2, 0) is 0 Å². The van der Waals surface area contributed by atoms with Crippen LogP contribution in [0.3, 0.4) is 0 Å². The monoisotopic (exact) mass is 279 g/mol. The third kappa shape index (κ3) is 3.49. The minimum atomic E-state index is -0.104. The van der Waals surface area contributed by atoms with Gasteiger partial charge in [0.25, 0.3) is 5.91 Å². The van der Waals surface area contributed by atoms with Crippen molar-refractivity contribution < 1.29 is 4.79 Å². The number of nitrogens with one attached hydrogen (secondary N) is 2. The molecule has 0 bridgehead atoms. The van der Waals surface area contributed by atoms with E-state index in [1.165, 1.54) is 0 Å². The maximum atomic E-state index is 11.9. The summed E-state index contributed by atoms with van der Waals surface area (Å²) in [7, 11) is 0. The summed E-state index contributed by atoms with van der Waals surface area (Å²) in [6.45, 7) is 7.71. The molecule has 1 heterocycles. The predicted molar refractivity (Wildman–Crippen MR) is 79.1 cm³/mol. The van der Waals surface area contributed by atoms with Crippen LogP contribution in [0.15, 0.2) is 30.9 Å². The summed E-state index contributed by atoms with van der Waals surface area (Å²) >= 11 is 6.23. The Labute approximate surface area is 118 Å². The van der Waals surface area contributed by atoms with E-state index in [2.05, 4.69) is 22.1 Å². The van der Waals surface area contributed by atoms with Gasteiger partial charge in [-0.15, -0.1) is 6.58 Å². The first-order valence-electron chi connectivity index (χ1n) is 6.36. The van der Waals surface area contributed by atoms with E-state index in [1.54, 1.807) is 18.2 Å². The third-order valence-electron chi connectivity index (χ3n) is 3.07. The Kier molecular flexibility index (Phi) is 4.82. The quantitative estimate of drug-likeness (QED) is 0.824. The Morgan fingerprint density at radius 2 is 2.21 bits per heavy atom. The number of anilines is 1. The number of amides is 1. The van der Waals surface area contributed by atoms with Crippen molar-refractivity contribution in [1.29, 1.82) is 0 Å². The zero-order valence-corrected chi connectivity index (χ0v) is 11.5. The molecule has 1 fully saturated rings. The number of nitrogens with zero attached hydrogens (tertiary/aromatic N) is 1. The van der Waals surface area contributed by atoms with Crippen molar-refractivity contribution >= 4 is 23.2 Å². The fourth-order valence-electron chi connectivity index (χ4n) is 2.07. The molecular weight excluding hydrogens is 262 g/mol. The number of rotatable bonds is 4. The normalized spacial score (nSPS) is 15.1. The summed E-state index contributed by atoms with van der Waals surface area (Å²) in [6.07, 6.45) is 1.66. The highest BCUT2D eigenvalue weighted by atomic mass is 35.5. The summed E-state index contributed by atoms with van der Waals surface area (Å²) in [6, 6.07) is 5.38. The average Bonchev–Trinajstić information content (AvgIpc) is 2.46. The van der Waals surface area contributed by atoms with E-state index in [1.807, 2.05) is 6.07 Å². The van der Waals surface area contributed by atoms with E-state index in [0.29, 0.717) is 17.1 Å². The lowest BCUT2D eigenvalue weighted by atomic mass is 10.1. The number of carbonyl (C=O) groups is 1. The van der Waals surface area contributed by atoms with E-state index in [4.69, 9.17) is 11.6 Å². The van der Waals surface area contributed by atoms with Crippen LogP contribution in [0.2, 0.25) is 5.02 Å². The summed E-state index contributed by atoms with van der Waals surface area (Å²) in [5.74, 6) is -0.104. The Balaban J connectivity index is 2.18. The molecule has 2 N–H and O–H groups in total. The minimum absolute atomic E-state index is 0.104. The molecule has 0 radical (unpaired) electrons. The molecule has 5 heteroatoms. The molecule has 1 aliphatic heterocycles. The van der Waals surface area contributed by atoms with Crippen LogP contribution in [0.25, 0.3) is 0 Å². The van der Waals surface area contributed by atoms with Gasteiger partial charge in [0.15, 0.2) is 0 Å². The second-order valence-corrected chi connectivity index (χ2v) is 4.81. The van der Waals surface area contributed by atoms with Gasteiger partial charge in [0, 0.05) is 38.3 Å². The standard InChI is InChI=1S/C14H18ClN3O/c1-2-5-17-14(19)11-3-4-12(15)13(10-11)18-8-6-16-7-9-18/h2-4,10,16H,1,5-9H2,(H,17,19). The zero-order valence-electron chi connectivity index (χ0n) is 10.8. The van der Waals surface area contributed by atoms with E-state index in [-0.39, 0.29) is 5.91 Å². The molecule has 0 atom stereocenters. The van der Waals surface area contributed by atoms with Gasteiger partial charge in [-0.25, -0.2) is 0 Å². The molecule has 1 aliphatic rings. The lowest BCUT2D eigenvalue weighted by molar-refractivity contribution is 0.0958. The van der Waals surface area contributed by atoms with Gasteiger partial charge < -0.3 is 15.5 Å². The first kappa shape index (κ1) is 13.9. The van der Waals surface area contributed by atoms with Gasteiger partial charge in [-0.2, -0.15) is 0 Å². The van der Waals surface area contributed by atoms with E-state index >= 15 is 0 Å². The van der Waals surface area contributed by atoms with Gasteiger partial charge in [-0.05, 0) is 18.2 Å². The van der Waals surface area contributed by atoms with E-state index in [0.717, 1.165) is 31.9 Å². The van der Waals surface area contributed by atoms with Gasteiger partial charge in [0.05, 0.1) is 10.7 Å². The van der Waals surface area contributed by atoms with Crippen LogP contribution >= 0.6 is 11.6 Å². The first-order valence-corrected chi connectivity index (χ1v) is 6.74. The van der Waals surface area contributed by atoms with Crippen LogP contribution in [0.4, 0.5) is 5.69 Å². The molecule has 1 amide bonds. The molecule has 0 spiro atoms. The fourth-order valence-corrected chi connectivity index (χ4v) is 2.31. The molecule has 1 saturated heterocycles. The SMILES string of the molecule is C=CCNC(=O)c1ccc(Cl)c(N2CCNCC2)c1. The van der Waals surface area contributed by atoms with Crippen molar-refractivity contribution in [3.05, 3.63) is 41.4 Å². The van der Waals surface area contributed by atoms with Crippen LogP contribution in [0, 0.1) is 0 Å². The molecule has 2 rings (SSSR count). The van der Waals surface area contributed by atoms with Crippen molar-refractivity contribution in [2.75, 3.05) is 37.6 Å². The van der Waals surface area contributed by atoms with Crippen molar-refractivity contribution in [2.45, 2.75) is 0 Å². The largest absolute Gasteiger partial charge is 0.368 e. The number of hydrogen-bond acceptors (Lipinski definition) is 3. The van der Waals surface area contributed by atoms with Crippen molar-refractivity contribution in [1.82, 2.24) is 10.6 Å². The Morgan fingerprint density at radius 1 is 1.47 bits per heavy atom. The van der Waals surface area contributed by atoms with Gasteiger partial charge in [0.2, 0.25) is 0 Å². The molecule has 0 unspecified atom stereocenters. The first-order chi connectivity index (χ1) is 9.22. The second kappa shape index (κ2) is 6.59. The molecule has 0 aliphatic carbocycles. The highest BCUT2D eigenvalue weighted by Crippen LogP contribution is 2.27. The summed E-state index contributed by atoms with van der Waals surface area (Å²) in [5.41, 5.74) is 1.55. The molecule has 1 aromatic carbocycles. The number of halogens is 1. The summed E-state index contributed by atoms with van der Waals surface area (Å²) in [5, 5.41) is 6.74. The van der Waals surface area contributed by atoms with Crippen molar-refractivity contribution in [2.24, 2.45) is 0 Å². The maximum Gasteiger partial charge on any atom is 0.251 e. The molecule has 102 valence electrons. The predicted octanol–water partition coefficient (Wildman–Crippen LogP) is 1.67. The lowest BCUT2D eigenvalue weighted by Gasteiger charge is -2.30. The minimum Gasteiger partial charge on any atom is -0.368 e. The highest BCUT2D eigenvalue weighted by molar-refractivity contribution is 6.33. The number of benzene rings is 1. The van der Waals surface area contributed by atoms with Gasteiger partial charge in [-0.1, -0.05) is 17.7 Å². The third-order valence-corrected chi connectivity index (χ3v) is 3.39. The van der Waals surface area contributed by atoms with Crippen LogP contribution in [0.1, 0.15) is 10.4 Å². The van der Waals surface area contributed by atoms with Crippen molar-refractivity contribution in [3.63, 3.8) is 0 Å². The Morgan fingerprint density at radius 3 is 2.89 bits per heavy atom. The number of piperazine rings is 1. The average molecular weight is 280 g/mol. The second-order valence-electron chi connectivity index (χ2n) is 4.40. The summed E-state index contributed by atoms with van der Waals surface area (Å²) in [4.78, 5) is 14.1. The molecule has 0 saturated carbocycles. The molecule has 19 heavy (non-hydrogen) atoms. The van der Waals surface area contributed by atoms with Gasteiger partial charge in [-0.3, -0.25) is 4.79 Å². The number of carbonyl (C=O) groups excluding carboxylic acids is 1. The van der Waals surface area contributed by atoms with Crippen LogP contribution in [0.5, 0.6) is 0 Å². The Hall–Kier alpha value is -1.52. The van der Waals surface area contributed by atoms with E-state index in [9.17, 15) is 4.79 Å². The lowest BCUT2D eigenvalue weighted by Crippen LogP contribution is -2.43. The molecule has 1 aromatic rings. The van der Waals surface area contributed by atoms with Crippen LogP contribution < -0.4 is 15.5 Å². The van der Waals surface area contributed by atoms with Gasteiger partial charge in [0.1, 0.15) is 0 Å². The molecule has 0 aromatic heterocycles. The van der Waals surface area contributed by atoms with Gasteiger partial charge >= 0.3 is 0 Å². The van der Waals surface area contributed by atoms with Crippen molar-refractivity contribution in [3.8, 4) is 0 Å². The topological polar surface area (TPSA) is 44.4 Å².